The minimum absolute atomic E-state index is 0.253. The quantitative estimate of drug-likeness (QED) is 0.772. The van der Waals surface area contributed by atoms with Crippen LogP contribution in [0.3, 0.4) is 0 Å². The van der Waals surface area contributed by atoms with Gasteiger partial charge in [0.2, 0.25) is 0 Å². The molecular formula is C17H25NO. The second-order valence-electron chi connectivity index (χ2n) is 5.26. The minimum atomic E-state index is 0.253. The number of ether oxygens (including phenoxy) is 1. The minimum Gasteiger partial charge on any atom is -0.486 e. The van der Waals surface area contributed by atoms with Gasteiger partial charge in [-0.25, -0.2) is 0 Å². The van der Waals surface area contributed by atoms with Gasteiger partial charge in [-0.2, -0.15) is 0 Å². The molecule has 2 nitrogen and oxygen atoms in total. The molecule has 1 aromatic carbocycles. The zero-order valence-corrected chi connectivity index (χ0v) is 12.1. The van der Waals surface area contributed by atoms with Crippen LogP contribution in [0.5, 0.6) is 5.75 Å². The lowest BCUT2D eigenvalue weighted by Crippen LogP contribution is -2.19. The first-order valence-electron chi connectivity index (χ1n) is 7.46. The van der Waals surface area contributed by atoms with Gasteiger partial charge in [0, 0.05) is 6.04 Å². The highest BCUT2D eigenvalue weighted by Crippen LogP contribution is 2.22. The highest BCUT2D eigenvalue weighted by atomic mass is 16.5. The summed E-state index contributed by atoms with van der Waals surface area (Å²) in [7, 11) is 0. The largest absolute Gasteiger partial charge is 0.486 e. The van der Waals surface area contributed by atoms with Crippen molar-refractivity contribution in [3.05, 3.63) is 42.0 Å². The van der Waals surface area contributed by atoms with Crippen LogP contribution in [0.25, 0.3) is 0 Å². The number of hydrogen-bond donors (Lipinski definition) is 1. The maximum absolute atomic E-state index is 6.04. The molecule has 1 aliphatic rings. The van der Waals surface area contributed by atoms with Gasteiger partial charge in [0.05, 0.1) is 0 Å². The van der Waals surface area contributed by atoms with Crippen LogP contribution >= 0.6 is 0 Å². The molecule has 2 rings (SSSR count). The van der Waals surface area contributed by atoms with E-state index in [0.717, 1.165) is 25.1 Å². The van der Waals surface area contributed by atoms with Crippen LogP contribution in [-0.2, 0) is 0 Å². The van der Waals surface area contributed by atoms with Crippen molar-refractivity contribution in [3.8, 4) is 5.75 Å². The molecule has 2 atom stereocenters. The molecule has 0 aromatic heterocycles. The van der Waals surface area contributed by atoms with Crippen LogP contribution < -0.4 is 10.1 Å². The molecule has 0 bridgehead atoms. The van der Waals surface area contributed by atoms with Crippen molar-refractivity contribution >= 4 is 0 Å². The van der Waals surface area contributed by atoms with E-state index >= 15 is 0 Å². The third-order valence-corrected chi connectivity index (χ3v) is 3.56. The Hall–Kier alpha value is -1.28. The molecule has 0 heterocycles. The molecule has 0 saturated heterocycles. The summed E-state index contributed by atoms with van der Waals surface area (Å²) >= 11 is 0. The van der Waals surface area contributed by atoms with Gasteiger partial charge >= 0.3 is 0 Å². The smallest absolute Gasteiger partial charge is 0.120 e. The van der Waals surface area contributed by atoms with Crippen LogP contribution in [0.15, 0.2) is 36.4 Å². The second kappa shape index (κ2) is 7.34. The maximum Gasteiger partial charge on any atom is 0.120 e. The first-order valence-corrected chi connectivity index (χ1v) is 7.46. The number of benzene rings is 1. The highest BCUT2D eigenvalue weighted by molar-refractivity contribution is 5.30. The molecule has 1 N–H and O–H groups in total. The Balaban J connectivity index is 1.97. The Morgan fingerprint density at radius 3 is 3.05 bits per heavy atom. The average Bonchev–Trinajstić information content (AvgIpc) is 2.46. The Labute approximate surface area is 116 Å². The van der Waals surface area contributed by atoms with Crippen LogP contribution in [-0.4, -0.2) is 12.6 Å². The summed E-state index contributed by atoms with van der Waals surface area (Å²) in [6.45, 7) is 5.45. The van der Waals surface area contributed by atoms with E-state index in [9.17, 15) is 0 Å². The van der Waals surface area contributed by atoms with Gasteiger partial charge < -0.3 is 10.1 Å². The van der Waals surface area contributed by atoms with E-state index in [1.165, 1.54) is 18.4 Å². The van der Waals surface area contributed by atoms with E-state index < -0.39 is 0 Å². The first kappa shape index (κ1) is 14.1. The van der Waals surface area contributed by atoms with Crippen molar-refractivity contribution in [2.45, 2.75) is 51.7 Å². The van der Waals surface area contributed by atoms with Crippen LogP contribution in [0.1, 0.15) is 51.1 Å². The van der Waals surface area contributed by atoms with Crippen molar-refractivity contribution in [1.29, 1.82) is 0 Å². The summed E-state index contributed by atoms with van der Waals surface area (Å²) < 4.78 is 6.04. The fraction of sp³-hybridized carbons (Fsp3) is 0.529. The number of nitrogens with one attached hydrogen (secondary N) is 1. The summed E-state index contributed by atoms with van der Waals surface area (Å²) in [5.41, 5.74) is 1.30. The van der Waals surface area contributed by atoms with Gasteiger partial charge in [-0.05, 0) is 62.9 Å². The van der Waals surface area contributed by atoms with Gasteiger partial charge in [-0.1, -0.05) is 25.1 Å². The normalized spacial score (nSPS) is 20.2. The average molecular weight is 259 g/mol. The fourth-order valence-electron chi connectivity index (χ4n) is 2.39. The van der Waals surface area contributed by atoms with E-state index in [0.29, 0.717) is 6.04 Å². The molecule has 1 aliphatic carbocycles. The van der Waals surface area contributed by atoms with Crippen LogP contribution in [0.2, 0.25) is 0 Å². The van der Waals surface area contributed by atoms with Gasteiger partial charge in [0.1, 0.15) is 11.9 Å². The fourth-order valence-corrected chi connectivity index (χ4v) is 2.39. The molecule has 2 heteroatoms. The molecule has 0 amide bonds. The molecule has 0 spiro atoms. The molecule has 0 aliphatic heterocycles. The first-order chi connectivity index (χ1) is 9.29. The topological polar surface area (TPSA) is 21.3 Å². The third-order valence-electron chi connectivity index (χ3n) is 3.56. The summed E-state index contributed by atoms with van der Waals surface area (Å²) in [5.74, 6) is 0.985. The van der Waals surface area contributed by atoms with Crippen molar-refractivity contribution in [2.75, 3.05) is 6.54 Å². The monoisotopic (exact) mass is 259 g/mol. The molecule has 0 fully saturated rings. The molecule has 104 valence electrons. The zero-order chi connectivity index (χ0) is 13.5. The predicted molar refractivity (Wildman–Crippen MR) is 80.6 cm³/mol. The Bertz CT molecular complexity index is 413. The second-order valence-corrected chi connectivity index (χ2v) is 5.26. The highest BCUT2D eigenvalue weighted by Gasteiger charge is 2.11. The third kappa shape index (κ3) is 4.39. The molecule has 0 saturated carbocycles. The molecule has 1 aromatic rings. The number of hydrogen-bond acceptors (Lipinski definition) is 2. The molecule has 2 unspecified atom stereocenters. The molecular weight excluding hydrogens is 234 g/mol. The Morgan fingerprint density at radius 1 is 1.42 bits per heavy atom. The zero-order valence-electron chi connectivity index (χ0n) is 12.1. The van der Waals surface area contributed by atoms with Crippen LogP contribution in [0, 0.1) is 0 Å². The maximum atomic E-state index is 6.04. The van der Waals surface area contributed by atoms with E-state index in [2.05, 4.69) is 55.6 Å². The van der Waals surface area contributed by atoms with E-state index in [-0.39, 0.29) is 6.10 Å². The Morgan fingerprint density at radius 2 is 2.32 bits per heavy atom. The summed E-state index contributed by atoms with van der Waals surface area (Å²) in [6, 6.07) is 8.84. The van der Waals surface area contributed by atoms with E-state index in [4.69, 9.17) is 4.74 Å². The number of allylic oxidation sites excluding steroid dienone is 1. The standard InChI is InChI=1S/C17H25NO/c1-3-12-18-14(2)15-8-7-11-17(13-15)19-16-9-5-4-6-10-16/h5,7-9,11,13-14,16,18H,3-4,6,10,12H2,1-2H3. The van der Waals surface area contributed by atoms with Crippen molar-refractivity contribution in [3.63, 3.8) is 0 Å². The lowest BCUT2D eigenvalue weighted by atomic mass is 10.0. The van der Waals surface area contributed by atoms with Crippen molar-refractivity contribution in [1.82, 2.24) is 5.32 Å². The summed E-state index contributed by atoms with van der Waals surface area (Å²) in [5, 5.41) is 3.51. The van der Waals surface area contributed by atoms with E-state index in [1.54, 1.807) is 0 Å². The lowest BCUT2D eigenvalue weighted by Gasteiger charge is -2.20. The molecule has 19 heavy (non-hydrogen) atoms. The van der Waals surface area contributed by atoms with Gasteiger partial charge in [-0.15, -0.1) is 0 Å². The molecule has 0 radical (unpaired) electrons. The predicted octanol–water partition coefficient (Wildman–Crippen LogP) is 4.23. The van der Waals surface area contributed by atoms with Gasteiger partial charge in [-0.3, -0.25) is 0 Å². The van der Waals surface area contributed by atoms with Crippen molar-refractivity contribution in [2.24, 2.45) is 0 Å². The lowest BCUT2D eigenvalue weighted by molar-refractivity contribution is 0.229. The Kier molecular flexibility index (Phi) is 5.46. The van der Waals surface area contributed by atoms with Crippen LogP contribution in [0.4, 0.5) is 0 Å². The van der Waals surface area contributed by atoms with E-state index in [1.807, 2.05) is 0 Å². The summed E-state index contributed by atoms with van der Waals surface area (Å²) in [6.07, 6.45) is 9.38. The SMILES string of the molecule is CCCNC(C)c1cccc(OC2C=CCCC2)c1. The number of rotatable bonds is 6. The van der Waals surface area contributed by atoms with Crippen molar-refractivity contribution < 1.29 is 4.74 Å². The van der Waals surface area contributed by atoms with Gasteiger partial charge in [0.25, 0.3) is 0 Å². The van der Waals surface area contributed by atoms with Gasteiger partial charge in [0.15, 0.2) is 0 Å². The summed E-state index contributed by atoms with van der Waals surface area (Å²) in [4.78, 5) is 0.